The van der Waals surface area contributed by atoms with Crippen LogP contribution >= 0.6 is 0 Å². The van der Waals surface area contributed by atoms with Gasteiger partial charge in [0.15, 0.2) is 5.78 Å². The molecular formula is C23H27N3O2. The van der Waals surface area contributed by atoms with Crippen molar-refractivity contribution in [3.63, 3.8) is 0 Å². The molecule has 1 aromatic carbocycles. The van der Waals surface area contributed by atoms with Gasteiger partial charge >= 0.3 is 0 Å². The standard InChI is InChI=1S/C23H27N3O2/c1-5-20(28)26-17-10-7-6-9-15(17)24-16-13-23(2,3)14-19(27)21(16)22(26)18-11-8-12-25(18)4/h6-12,22,24H,5,13-14H2,1-4H3. The van der Waals surface area contributed by atoms with Crippen molar-refractivity contribution in [3.8, 4) is 0 Å². The zero-order chi connectivity index (χ0) is 20.1. The van der Waals surface area contributed by atoms with Gasteiger partial charge in [0, 0.05) is 43.1 Å². The Kier molecular flexibility index (Phi) is 4.41. The SMILES string of the molecule is CCC(=O)N1c2ccccc2NC2=C(C(=O)CC(C)(C)C2)C1c1cccn1C. The van der Waals surface area contributed by atoms with E-state index in [-0.39, 0.29) is 17.1 Å². The van der Waals surface area contributed by atoms with Crippen LogP contribution in [0.4, 0.5) is 11.4 Å². The van der Waals surface area contributed by atoms with Gasteiger partial charge in [0.1, 0.15) is 6.04 Å². The van der Waals surface area contributed by atoms with Gasteiger partial charge in [0.05, 0.1) is 11.4 Å². The zero-order valence-electron chi connectivity index (χ0n) is 17.0. The summed E-state index contributed by atoms with van der Waals surface area (Å²) in [6.07, 6.45) is 3.60. The summed E-state index contributed by atoms with van der Waals surface area (Å²) < 4.78 is 2.01. The molecule has 1 atom stereocenters. The Balaban J connectivity index is 2.02. The average molecular weight is 377 g/mol. The number of benzene rings is 1. The lowest BCUT2D eigenvalue weighted by Crippen LogP contribution is -2.40. The number of anilines is 2. The molecule has 0 saturated carbocycles. The predicted molar refractivity (Wildman–Crippen MR) is 111 cm³/mol. The summed E-state index contributed by atoms with van der Waals surface area (Å²) in [6.45, 7) is 6.12. The smallest absolute Gasteiger partial charge is 0.227 e. The van der Waals surface area contributed by atoms with Crippen molar-refractivity contribution in [2.24, 2.45) is 12.5 Å². The zero-order valence-corrected chi connectivity index (χ0v) is 17.0. The molecular weight excluding hydrogens is 350 g/mol. The summed E-state index contributed by atoms with van der Waals surface area (Å²) >= 11 is 0. The van der Waals surface area contributed by atoms with Crippen molar-refractivity contribution in [2.45, 2.75) is 46.1 Å². The number of carbonyl (C=O) groups is 2. The van der Waals surface area contributed by atoms with E-state index in [9.17, 15) is 9.59 Å². The Morgan fingerprint density at radius 2 is 1.93 bits per heavy atom. The second-order valence-electron chi connectivity index (χ2n) is 8.54. The number of ketones is 1. The van der Waals surface area contributed by atoms with E-state index in [1.54, 1.807) is 0 Å². The molecule has 28 heavy (non-hydrogen) atoms. The number of fused-ring (bicyclic) bond motifs is 1. The third-order valence-corrected chi connectivity index (χ3v) is 5.74. The van der Waals surface area contributed by atoms with E-state index in [4.69, 9.17) is 0 Å². The number of hydrogen-bond acceptors (Lipinski definition) is 3. The fraction of sp³-hybridized carbons (Fsp3) is 0.391. The second-order valence-corrected chi connectivity index (χ2v) is 8.54. The van der Waals surface area contributed by atoms with Crippen molar-refractivity contribution in [2.75, 3.05) is 10.2 Å². The number of hydrogen-bond donors (Lipinski definition) is 1. The van der Waals surface area contributed by atoms with Gasteiger partial charge in [0.25, 0.3) is 0 Å². The van der Waals surface area contributed by atoms with E-state index in [0.717, 1.165) is 34.8 Å². The monoisotopic (exact) mass is 377 g/mol. The van der Waals surface area contributed by atoms with Crippen molar-refractivity contribution < 1.29 is 9.59 Å². The van der Waals surface area contributed by atoms with Crippen LogP contribution in [0.2, 0.25) is 0 Å². The van der Waals surface area contributed by atoms with Gasteiger partial charge in [-0.1, -0.05) is 32.9 Å². The topological polar surface area (TPSA) is 54.3 Å². The number of aryl methyl sites for hydroxylation is 1. The number of carbonyl (C=O) groups excluding carboxylic acids is 2. The van der Waals surface area contributed by atoms with Crippen LogP contribution in [0.25, 0.3) is 0 Å². The molecule has 2 heterocycles. The maximum atomic E-state index is 13.4. The third-order valence-electron chi connectivity index (χ3n) is 5.74. The lowest BCUT2D eigenvalue weighted by atomic mass is 9.73. The largest absolute Gasteiger partial charge is 0.357 e. The van der Waals surface area contributed by atoms with E-state index in [2.05, 4.69) is 19.2 Å². The summed E-state index contributed by atoms with van der Waals surface area (Å²) in [6, 6.07) is 11.4. The molecule has 5 heteroatoms. The van der Waals surface area contributed by atoms with E-state index in [0.29, 0.717) is 12.8 Å². The molecule has 2 aromatic rings. The fourth-order valence-electron chi connectivity index (χ4n) is 4.47. The molecule has 1 aliphatic heterocycles. The van der Waals surface area contributed by atoms with Crippen LogP contribution in [0.15, 0.2) is 53.9 Å². The van der Waals surface area contributed by atoms with Crippen LogP contribution < -0.4 is 10.2 Å². The number of Topliss-reactive ketones (excluding diaryl/α,β-unsaturated/α-hetero) is 1. The first-order chi connectivity index (χ1) is 13.3. The first-order valence-corrected chi connectivity index (χ1v) is 9.88. The minimum atomic E-state index is -0.429. The minimum Gasteiger partial charge on any atom is -0.357 e. The number of nitrogens with one attached hydrogen (secondary N) is 1. The van der Waals surface area contributed by atoms with Crippen LogP contribution in [0, 0.1) is 5.41 Å². The van der Waals surface area contributed by atoms with E-state index >= 15 is 0 Å². The van der Waals surface area contributed by atoms with Gasteiger partial charge in [0.2, 0.25) is 5.91 Å². The maximum Gasteiger partial charge on any atom is 0.227 e. The van der Waals surface area contributed by atoms with E-state index in [1.807, 2.05) is 66.0 Å². The highest BCUT2D eigenvalue weighted by atomic mass is 16.2. The van der Waals surface area contributed by atoms with Gasteiger partial charge in [-0.05, 0) is 36.1 Å². The van der Waals surface area contributed by atoms with Crippen molar-refractivity contribution in [3.05, 3.63) is 59.6 Å². The summed E-state index contributed by atoms with van der Waals surface area (Å²) in [7, 11) is 1.96. The summed E-state index contributed by atoms with van der Waals surface area (Å²) in [5, 5.41) is 3.52. The van der Waals surface area contributed by atoms with Gasteiger partial charge in [-0.15, -0.1) is 0 Å². The van der Waals surface area contributed by atoms with Crippen LogP contribution in [0.3, 0.4) is 0 Å². The van der Waals surface area contributed by atoms with E-state index < -0.39 is 6.04 Å². The molecule has 146 valence electrons. The lowest BCUT2D eigenvalue weighted by molar-refractivity contribution is -0.119. The number of nitrogens with zero attached hydrogens (tertiary/aromatic N) is 2. The molecule has 0 fully saturated rings. The molecule has 1 N–H and O–H groups in total. The molecule has 4 rings (SSSR count). The molecule has 1 unspecified atom stereocenters. The molecule has 0 spiro atoms. The molecule has 0 saturated heterocycles. The molecule has 1 aromatic heterocycles. The van der Waals surface area contributed by atoms with Gasteiger partial charge in [-0.2, -0.15) is 0 Å². The number of para-hydroxylation sites is 2. The molecule has 0 bridgehead atoms. The normalized spacial score (nSPS) is 20.9. The molecule has 1 aliphatic carbocycles. The maximum absolute atomic E-state index is 13.4. The Hall–Kier alpha value is -2.82. The summed E-state index contributed by atoms with van der Waals surface area (Å²) in [4.78, 5) is 28.4. The molecule has 2 aliphatic rings. The third kappa shape index (κ3) is 2.95. The molecule has 5 nitrogen and oxygen atoms in total. The first kappa shape index (κ1) is 18.5. The number of allylic oxidation sites excluding steroid dienone is 1. The summed E-state index contributed by atoms with van der Waals surface area (Å²) in [5.41, 5.74) is 4.19. The Bertz CT molecular complexity index is 983. The highest BCUT2D eigenvalue weighted by Crippen LogP contribution is 2.48. The van der Waals surface area contributed by atoms with Gasteiger partial charge < -0.3 is 9.88 Å². The van der Waals surface area contributed by atoms with Crippen molar-refractivity contribution >= 4 is 23.1 Å². The second kappa shape index (κ2) is 6.66. The van der Waals surface area contributed by atoms with Crippen LogP contribution in [-0.4, -0.2) is 16.3 Å². The van der Waals surface area contributed by atoms with E-state index in [1.165, 1.54) is 0 Å². The highest BCUT2D eigenvalue weighted by molar-refractivity contribution is 6.06. The minimum absolute atomic E-state index is 0.00633. The molecule has 0 radical (unpaired) electrons. The number of aromatic nitrogens is 1. The predicted octanol–water partition coefficient (Wildman–Crippen LogP) is 4.58. The summed E-state index contributed by atoms with van der Waals surface area (Å²) in [5.74, 6) is 0.124. The van der Waals surface area contributed by atoms with Crippen molar-refractivity contribution in [1.82, 2.24) is 4.57 Å². The Morgan fingerprint density at radius 1 is 1.18 bits per heavy atom. The molecule has 1 amide bonds. The van der Waals surface area contributed by atoms with Gasteiger partial charge in [-0.3, -0.25) is 14.5 Å². The highest BCUT2D eigenvalue weighted by Gasteiger charge is 2.43. The van der Waals surface area contributed by atoms with Crippen LogP contribution in [0.1, 0.15) is 51.8 Å². The number of amides is 1. The van der Waals surface area contributed by atoms with Crippen LogP contribution in [-0.2, 0) is 16.6 Å². The van der Waals surface area contributed by atoms with Crippen LogP contribution in [0.5, 0.6) is 0 Å². The average Bonchev–Trinajstić information content (AvgIpc) is 2.99. The quantitative estimate of drug-likeness (QED) is 0.834. The fourth-order valence-corrected chi connectivity index (χ4v) is 4.47. The van der Waals surface area contributed by atoms with Gasteiger partial charge in [-0.25, -0.2) is 0 Å². The number of rotatable bonds is 2. The Labute approximate surface area is 166 Å². The van der Waals surface area contributed by atoms with Crippen molar-refractivity contribution in [1.29, 1.82) is 0 Å². The Morgan fingerprint density at radius 3 is 2.61 bits per heavy atom. The lowest BCUT2D eigenvalue weighted by Gasteiger charge is -2.37. The first-order valence-electron chi connectivity index (χ1n) is 9.88.